The van der Waals surface area contributed by atoms with E-state index in [4.69, 9.17) is 11.6 Å². The second-order valence-electron chi connectivity index (χ2n) is 3.24. The van der Waals surface area contributed by atoms with Crippen molar-refractivity contribution in [1.29, 1.82) is 0 Å². The van der Waals surface area contributed by atoms with Crippen molar-refractivity contribution >= 4 is 17.6 Å². The van der Waals surface area contributed by atoms with Crippen molar-refractivity contribution < 1.29 is 18.0 Å². The van der Waals surface area contributed by atoms with Gasteiger partial charge in [0.2, 0.25) is 0 Å². The van der Waals surface area contributed by atoms with Crippen molar-refractivity contribution in [3.8, 4) is 0 Å². The molecule has 3 nitrogen and oxygen atoms in total. The smallest absolute Gasteiger partial charge is 0.334 e. The molecule has 17 heavy (non-hydrogen) atoms. The van der Waals surface area contributed by atoms with Gasteiger partial charge in [-0.05, 0) is 11.6 Å². The van der Waals surface area contributed by atoms with Gasteiger partial charge in [-0.3, -0.25) is 0 Å². The Kier molecular flexibility index (Phi) is 4.62. The third kappa shape index (κ3) is 5.44. The van der Waals surface area contributed by atoms with Crippen LogP contribution < -0.4 is 10.6 Å². The molecule has 0 aliphatic rings. The summed E-state index contributed by atoms with van der Waals surface area (Å²) in [6.07, 6.45) is -4.41. The van der Waals surface area contributed by atoms with Gasteiger partial charge in [0, 0.05) is 11.6 Å². The Bertz CT molecular complexity index is 395. The topological polar surface area (TPSA) is 41.1 Å². The molecule has 7 heteroatoms. The number of urea groups is 1. The summed E-state index contributed by atoms with van der Waals surface area (Å²) in [6, 6.07) is 5.85. The molecule has 0 heterocycles. The maximum absolute atomic E-state index is 11.8. The number of carbonyl (C=O) groups is 1. The highest BCUT2D eigenvalue weighted by molar-refractivity contribution is 6.31. The molecule has 0 saturated carbocycles. The average Bonchev–Trinajstić information content (AvgIpc) is 2.24. The molecule has 2 amide bonds. The highest BCUT2D eigenvalue weighted by Crippen LogP contribution is 2.14. The van der Waals surface area contributed by atoms with E-state index in [2.05, 4.69) is 5.32 Å². The Morgan fingerprint density at radius 3 is 2.47 bits per heavy atom. The van der Waals surface area contributed by atoms with E-state index in [1.807, 2.05) is 0 Å². The maximum Gasteiger partial charge on any atom is 0.405 e. The van der Waals surface area contributed by atoms with Gasteiger partial charge >= 0.3 is 12.2 Å². The fourth-order valence-electron chi connectivity index (χ4n) is 1.06. The standard InChI is InChI=1S/C10H10ClF3N2O/c11-8-4-2-1-3-7(8)5-15-9(17)16-6-10(12,13)14/h1-4H,5-6H2,(H2,15,16,17). The molecule has 0 aliphatic carbocycles. The quantitative estimate of drug-likeness (QED) is 0.868. The molecule has 2 N–H and O–H groups in total. The number of halogens is 4. The van der Waals surface area contributed by atoms with Gasteiger partial charge in [-0.1, -0.05) is 29.8 Å². The van der Waals surface area contributed by atoms with Crippen molar-refractivity contribution in [2.24, 2.45) is 0 Å². The third-order valence-electron chi connectivity index (χ3n) is 1.85. The minimum absolute atomic E-state index is 0.0728. The Hall–Kier alpha value is -1.43. The summed E-state index contributed by atoms with van der Waals surface area (Å²) < 4.78 is 35.3. The van der Waals surface area contributed by atoms with Crippen molar-refractivity contribution in [2.75, 3.05) is 6.54 Å². The molecule has 1 rings (SSSR count). The van der Waals surface area contributed by atoms with Gasteiger partial charge < -0.3 is 10.6 Å². The molecule has 0 aromatic heterocycles. The summed E-state index contributed by atoms with van der Waals surface area (Å²) in [5, 5.41) is 4.42. The van der Waals surface area contributed by atoms with Crippen LogP contribution in [-0.2, 0) is 6.54 Å². The normalized spacial score (nSPS) is 11.1. The van der Waals surface area contributed by atoms with Gasteiger partial charge in [-0.25, -0.2) is 4.79 Å². The van der Waals surface area contributed by atoms with Gasteiger partial charge in [0.05, 0.1) is 0 Å². The second kappa shape index (κ2) is 5.77. The average molecular weight is 267 g/mol. The summed E-state index contributed by atoms with van der Waals surface area (Å²) in [5.41, 5.74) is 0.635. The SMILES string of the molecule is O=C(NCc1ccccc1Cl)NCC(F)(F)F. The maximum atomic E-state index is 11.8. The van der Waals surface area contributed by atoms with Gasteiger partial charge in [0.25, 0.3) is 0 Å². The first-order valence-corrected chi connectivity index (χ1v) is 5.08. The second-order valence-corrected chi connectivity index (χ2v) is 3.65. The summed E-state index contributed by atoms with van der Waals surface area (Å²) in [4.78, 5) is 11.0. The van der Waals surface area contributed by atoms with E-state index < -0.39 is 18.8 Å². The van der Waals surface area contributed by atoms with E-state index in [9.17, 15) is 18.0 Å². The van der Waals surface area contributed by atoms with Crippen LogP contribution in [0.1, 0.15) is 5.56 Å². The van der Waals surface area contributed by atoms with Gasteiger partial charge in [0.1, 0.15) is 6.54 Å². The number of hydrogen-bond acceptors (Lipinski definition) is 1. The molecule has 94 valence electrons. The van der Waals surface area contributed by atoms with Crippen molar-refractivity contribution in [3.63, 3.8) is 0 Å². The lowest BCUT2D eigenvalue weighted by molar-refractivity contribution is -0.122. The molecule has 0 bridgehead atoms. The Morgan fingerprint density at radius 2 is 1.88 bits per heavy atom. The third-order valence-corrected chi connectivity index (χ3v) is 2.22. The minimum atomic E-state index is -4.41. The van der Waals surface area contributed by atoms with Crippen LogP contribution in [0.2, 0.25) is 5.02 Å². The van der Waals surface area contributed by atoms with E-state index >= 15 is 0 Å². The molecule has 0 unspecified atom stereocenters. The first kappa shape index (κ1) is 13.6. The van der Waals surface area contributed by atoms with Crippen LogP contribution in [0.4, 0.5) is 18.0 Å². The molecular formula is C10H10ClF3N2O. The molecule has 0 saturated heterocycles. The predicted molar refractivity (Wildman–Crippen MR) is 57.7 cm³/mol. The number of nitrogens with one attached hydrogen (secondary N) is 2. The summed E-state index contributed by atoms with van der Waals surface area (Å²) in [7, 11) is 0. The van der Waals surface area contributed by atoms with Crippen LogP contribution in [0.25, 0.3) is 0 Å². The molecule has 0 spiro atoms. The number of rotatable bonds is 3. The first-order valence-electron chi connectivity index (χ1n) is 4.70. The molecule has 0 atom stereocenters. The highest BCUT2D eigenvalue weighted by Gasteiger charge is 2.27. The zero-order valence-corrected chi connectivity index (χ0v) is 9.40. The van der Waals surface area contributed by atoms with E-state index in [1.165, 1.54) is 0 Å². The van der Waals surface area contributed by atoms with Crippen molar-refractivity contribution in [1.82, 2.24) is 10.6 Å². The number of carbonyl (C=O) groups excluding carboxylic acids is 1. The fraction of sp³-hybridized carbons (Fsp3) is 0.300. The van der Waals surface area contributed by atoms with E-state index in [0.717, 1.165) is 0 Å². The molecule has 1 aromatic rings. The lowest BCUT2D eigenvalue weighted by Crippen LogP contribution is -2.40. The zero-order valence-electron chi connectivity index (χ0n) is 8.64. The van der Waals surface area contributed by atoms with Crippen LogP contribution in [0.5, 0.6) is 0 Å². The van der Waals surface area contributed by atoms with Crippen LogP contribution in [0.3, 0.4) is 0 Å². The largest absolute Gasteiger partial charge is 0.405 e. The minimum Gasteiger partial charge on any atom is -0.334 e. The van der Waals surface area contributed by atoms with Crippen molar-refractivity contribution in [2.45, 2.75) is 12.7 Å². The first-order chi connectivity index (χ1) is 7.88. The van der Waals surface area contributed by atoms with Gasteiger partial charge in [0.15, 0.2) is 0 Å². The molecule has 0 fully saturated rings. The molecule has 1 aromatic carbocycles. The van der Waals surface area contributed by atoms with E-state index in [1.54, 1.807) is 29.6 Å². The number of amides is 2. The molecule has 0 radical (unpaired) electrons. The van der Waals surface area contributed by atoms with E-state index in [-0.39, 0.29) is 6.54 Å². The van der Waals surface area contributed by atoms with Crippen molar-refractivity contribution in [3.05, 3.63) is 34.9 Å². The van der Waals surface area contributed by atoms with E-state index in [0.29, 0.717) is 10.6 Å². The Morgan fingerprint density at radius 1 is 1.24 bits per heavy atom. The lowest BCUT2D eigenvalue weighted by Gasteiger charge is -2.10. The van der Waals surface area contributed by atoms with Crippen LogP contribution in [0.15, 0.2) is 24.3 Å². The van der Waals surface area contributed by atoms with Crippen LogP contribution in [-0.4, -0.2) is 18.8 Å². The fourth-order valence-corrected chi connectivity index (χ4v) is 1.26. The highest BCUT2D eigenvalue weighted by atomic mass is 35.5. The Balaban J connectivity index is 2.36. The zero-order chi connectivity index (χ0) is 12.9. The number of alkyl halides is 3. The van der Waals surface area contributed by atoms with Gasteiger partial charge in [-0.2, -0.15) is 13.2 Å². The van der Waals surface area contributed by atoms with Crippen LogP contribution >= 0.6 is 11.6 Å². The Labute approximate surface area is 101 Å². The molecular weight excluding hydrogens is 257 g/mol. The summed E-state index contributed by atoms with van der Waals surface area (Å²) >= 11 is 5.81. The van der Waals surface area contributed by atoms with Crippen LogP contribution in [0, 0.1) is 0 Å². The number of hydrogen-bond donors (Lipinski definition) is 2. The predicted octanol–water partition coefficient (Wildman–Crippen LogP) is 2.70. The summed E-state index contributed by atoms with van der Waals surface area (Å²) in [6.45, 7) is -1.29. The monoisotopic (exact) mass is 266 g/mol. The summed E-state index contributed by atoms with van der Waals surface area (Å²) in [5.74, 6) is 0. The van der Waals surface area contributed by atoms with Gasteiger partial charge in [-0.15, -0.1) is 0 Å². The number of benzene rings is 1. The molecule has 0 aliphatic heterocycles. The lowest BCUT2D eigenvalue weighted by atomic mass is 10.2.